The molecule has 0 saturated heterocycles. The van der Waals surface area contributed by atoms with Crippen LogP contribution >= 0.6 is 0 Å². The van der Waals surface area contributed by atoms with E-state index in [2.05, 4.69) is 0 Å². The summed E-state index contributed by atoms with van der Waals surface area (Å²) >= 11 is 0. The molecule has 0 aliphatic carbocycles. The molecule has 1 aliphatic rings. The van der Waals surface area contributed by atoms with Crippen LogP contribution in [0.5, 0.6) is 17.2 Å². The van der Waals surface area contributed by atoms with Crippen LogP contribution in [0.15, 0.2) is 90.2 Å². The van der Waals surface area contributed by atoms with Crippen molar-refractivity contribution in [1.29, 1.82) is 0 Å². The summed E-state index contributed by atoms with van der Waals surface area (Å²) in [5.74, 6) is -0.481. The normalized spacial score (nSPS) is 15.4. The molecule has 190 valence electrons. The maximum Gasteiger partial charge on any atom is 0.290 e. The average Bonchev–Trinajstić information content (AvgIpc) is 3.20. The van der Waals surface area contributed by atoms with E-state index in [-0.39, 0.29) is 12.1 Å². The molecule has 37 heavy (non-hydrogen) atoms. The molecule has 0 aromatic heterocycles. The second kappa shape index (κ2) is 11.5. The minimum atomic E-state index is -0.849. The van der Waals surface area contributed by atoms with Crippen LogP contribution in [-0.2, 0) is 16.0 Å². The smallest absolute Gasteiger partial charge is 0.290 e. The number of carbonyl (C=O) groups excluding carboxylic acids is 2. The number of carbonyl (C=O) groups is 2. The molecule has 0 radical (unpaired) electrons. The van der Waals surface area contributed by atoms with Gasteiger partial charge in [0.2, 0.25) is 5.75 Å². The Morgan fingerprint density at radius 1 is 0.919 bits per heavy atom. The number of rotatable bonds is 10. The minimum absolute atomic E-state index is 0.000448. The molecular weight excluding hydrogens is 470 g/mol. The number of benzene rings is 3. The first-order valence-corrected chi connectivity index (χ1v) is 11.8. The Hall–Kier alpha value is -4.52. The van der Waals surface area contributed by atoms with Crippen molar-refractivity contribution in [3.05, 3.63) is 107 Å². The summed E-state index contributed by atoms with van der Waals surface area (Å²) in [4.78, 5) is 28.2. The van der Waals surface area contributed by atoms with Gasteiger partial charge < -0.3 is 24.2 Å². The number of amides is 1. The fourth-order valence-corrected chi connectivity index (χ4v) is 4.46. The number of hydrogen-bond acceptors (Lipinski definition) is 6. The molecule has 1 N–H and O–H groups in total. The highest BCUT2D eigenvalue weighted by atomic mass is 16.5. The van der Waals surface area contributed by atoms with E-state index < -0.39 is 23.5 Å². The van der Waals surface area contributed by atoms with Gasteiger partial charge in [-0.3, -0.25) is 9.59 Å². The lowest BCUT2D eigenvalue weighted by Crippen LogP contribution is -2.33. The minimum Gasteiger partial charge on any atom is -0.503 e. The van der Waals surface area contributed by atoms with E-state index in [1.54, 1.807) is 18.2 Å². The second-order valence-electron chi connectivity index (χ2n) is 8.47. The van der Waals surface area contributed by atoms with Crippen molar-refractivity contribution in [2.24, 2.45) is 0 Å². The Kier molecular flexibility index (Phi) is 7.93. The van der Waals surface area contributed by atoms with Crippen LogP contribution in [0, 0.1) is 0 Å². The lowest BCUT2D eigenvalue weighted by atomic mass is 9.94. The number of aliphatic hydroxyl groups is 1. The van der Waals surface area contributed by atoms with Crippen LogP contribution < -0.4 is 14.2 Å². The lowest BCUT2D eigenvalue weighted by molar-refractivity contribution is -0.129. The molecular formula is C30H29NO6. The Morgan fingerprint density at radius 2 is 1.51 bits per heavy atom. The van der Waals surface area contributed by atoms with Crippen molar-refractivity contribution in [2.45, 2.75) is 12.5 Å². The number of allylic oxidation sites excluding steroid dienone is 1. The Labute approximate surface area is 216 Å². The zero-order valence-electron chi connectivity index (χ0n) is 21.0. The first-order chi connectivity index (χ1) is 18.0. The van der Waals surface area contributed by atoms with Gasteiger partial charge >= 0.3 is 0 Å². The molecule has 0 spiro atoms. The largest absolute Gasteiger partial charge is 0.503 e. The van der Waals surface area contributed by atoms with Crippen molar-refractivity contribution >= 4 is 17.8 Å². The average molecular weight is 500 g/mol. The molecule has 4 rings (SSSR count). The first kappa shape index (κ1) is 25.6. The highest BCUT2D eigenvalue weighted by molar-refractivity contribution is 6.14. The number of ketones is 1. The predicted octanol–water partition coefficient (Wildman–Crippen LogP) is 4.93. The maximum atomic E-state index is 13.4. The molecule has 3 aromatic carbocycles. The molecule has 1 unspecified atom stereocenters. The molecule has 0 saturated carbocycles. The summed E-state index contributed by atoms with van der Waals surface area (Å²) in [5, 5.41) is 10.9. The van der Waals surface area contributed by atoms with Gasteiger partial charge in [-0.25, -0.2) is 0 Å². The van der Waals surface area contributed by atoms with E-state index in [1.165, 1.54) is 32.3 Å². The second-order valence-corrected chi connectivity index (χ2v) is 8.47. The van der Waals surface area contributed by atoms with Gasteiger partial charge in [0, 0.05) is 6.54 Å². The van der Waals surface area contributed by atoms with Crippen molar-refractivity contribution in [3.8, 4) is 17.2 Å². The van der Waals surface area contributed by atoms with Crippen LogP contribution in [0.2, 0.25) is 0 Å². The maximum absolute atomic E-state index is 13.4. The number of hydrogen-bond donors (Lipinski definition) is 1. The highest BCUT2D eigenvalue weighted by Crippen LogP contribution is 2.45. The van der Waals surface area contributed by atoms with Gasteiger partial charge in [0.05, 0.1) is 32.9 Å². The zero-order chi connectivity index (χ0) is 26.4. The molecule has 0 bridgehead atoms. The molecule has 1 aliphatic heterocycles. The number of methoxy groups -OCH3 is 3. The van der Waals surface area contributed by atoms with Crippen molar-refractivity contribution in [2.75, 3.05) is 27.9 Å². The summed E-state index contributed by atoms with van der Waals surface area (Å²) in [6.45, 7) is 0.285. The summed E-state index contributed by atoms with van der Waals surface area (Å²) in [6.07, 6.45) is 3.58. The van der Waals surface area contributed by atoms with Crippen LogP contribution in [0.3, 0.4) is 0 Å². The Morgan fingerprint density at radius 3 is 2.08 bits per heavy atom. The third-order valence-corrected chi connectivity index (χ3v) is 6.28. The van der Waals surface area contributed by atoms with Crippen LogP contribution in [0.25, 0.3) is 6.08 Å². The number of aliphatic hydroxyl groups excluding tert-OH is 1. The van der Waals surface area contributed by atoms with E-state index in [1.807, 2.05) is 60.7 Å². The fourth-order valence-electron chi connectivity index (χ4n) is 4.46. The summed E-state index contributed by atoms with van der Waals surface area (Å²) in [6, 6.07) is 21.6. The summed E-state index contributed by atoms with van der Waals surface area (Å²) in [5.41, 5.74) is 2.41. The third kappa shape index (κ3) is 5.35. The van der Waals surface area contributed by atoms with Crippen molar-refractivity contribution in [3.63, 3.8) is 0 Å². The van der Waals surface area contributed by atoms with Gasteiger partial charge in [-0.2, -0.15) is 0 Å². The van der Waals surface area contributed by atoms with E-state index in [0.29, 0.717) is 29.2 Å². The first-order valence-electron chi connectivity index (χ1n) is 11.8. The monoisotopic (exact) mass is 499 g/mol. The van der Waals surface area contributed by atoms with Gasteiger partial charge in [-0.15, -0.1) is 0 Å². The van der Waals surface area contributed by atoms with E-state index >= 15 is 0 Å². The Bertz CT molecular complexity index is 1310. The quantitative estimate of drug-likeness (QED) is 0.398. The molecule has 7 heteroatoms. The third-order valence-electron chi connectivity index (χ3n) is 6.28. The fraction of sp³-hybridized carbons (Fsp3) is 0.200. The molecule has 0 fully saturated rings. The SMILES string of the molecule is COc1cc(C2C(C(=O)C=Cc3ccccc3)=C(O)C(=O)N2CCc2ccccc2)cc(OC)c1OC. The molecule has 1 heterocycles. The van der Waals surface area contributed by atoms with Gasteiger partial charge in [0.25, 0.3) is 5.91 Å². The number of nitrogens with zero attached hydrogens (tertiary/aromatic N) is 1. The highest BCUT2D eigenvalue weighted by Gasteiger charge is 2.43. The van der Waals surface area contributed by atoms with Crippen LogP contribution in [0.1, 0.15) is 22.7 Å². The molecule has 1 atom stereocenters. The standard InChI is InChI=1S/C30H29NO6/c1-35-24-18-22(19-25(36-2)29(24)37-3)27-26(23(32)15-14-20-10-6-4-7-11-20)28(33)30(34)31(27)17-16-21-12-8-5-9-13-21/h4-15,18-19,27,33H,16-17H2,1-3H3. The Balaban J connectivity index is 1.77. The topological polar surface area (TPSA) is 85.3 Å². The molecule has 7 nitrogen and oxygen atoms in total. The zero-order valence-corrected chi connectivity index (χ0v) is 21.0. The summed E-state index contributed by atoms with van der Waals surface area (Å²) in [7, 11) is 4.49. The lowest BCUT2D eigenvalue weighted by Gasteiger charge is -2.27. The predicted molar refractivity (Wildman–Crippen MR) is 141 cm³/mol. The van der Waals surface area contributed by atoms with Crippen molar-refractivity contribution < 1.29 is 28.9 Å². The molecule has 1 amide bonds. The molecule has 3 aromatic rings. The van der Waals surface area contributed by atoms with Gasteiger partial charge in [0.1, 0.15) is 0 Å². The van der Waals surface area contributed by atoms with E-state index in [9.17, 15) is 14.7 Å². The van der Waals surface area contributed by atoms with Gasteiger partial charge in [0.15, 0.2) is 23.0 Å². The summed E-state index contributed by atoms with van der Waals surface area (Å²) < 4.78 is 16.5. The van der Waals surface area contributed by atoms with Gasteiger partial charge in [-0.1, -0.05) is 66.7 Å². The number of ether oxygens (including phenoxy) is 3. The van der Waals surface area contributed by atoms with E-state index in [4.69, 9.17) is 14.2 Å². The van der Waals surface area contributed by atoms with E-state index in [0.717, 1.165) is 11.1 Å². The van der Waals surface area contributed by atoms with Crippen LogP contribution in [0.4, 0.5) is 0 Å². The van der Waals surface area contributed by atoms with Crippen LogP contribution in [-0.4, -0.2) is 49.6 Å². The van der Waals surface area contributed by atoms with Crippen molar-refractivity contribution in [1.82, 2.24) is 4.90 Å². The van der Waals surface area contributed by atoms with Gasteiger partial charge in [-0.05, 0) is 41.3 Å².